The summed E-state index contributed by atoms with van der Waals surface area (Å²) in [4.78, 5) is 8.58. The van der Waals surface area contributed by atoms with Crippen LogP contribution in [-0.2, 0) is 4.79 Å². The molecule has 0 aliphatic rings. The molecule has 2 nitrogen and oxygen atoms in total. The van der Waals surface area contributed by atoms with Crippen LogP contribution in [-0.4, -0.2) is 57.8 Å². The van der Waals surface area contributed by atoms with Gasteiger partial charge in [0, 0.05) is 51.4 Å². The number of rotatable bonds is 0. The van der Waals surface area contributed by atoms with Crippen LogP contribution in [0.5, 0.6) is 0 Å². The van der Waals surface area contributed by atoms with Crippen LogP contribution in [0.2, 0.25) is 0 Å². The first kappa shape index (κ1) is 8.92. The Bertz CT molecular complexity index is 15.5. The number of carbonyl (C=O) groups is 1. The zero-order valence-corrected chi connectivity index (χ0v) is 5.69. The van der Waals surface area contributed by atoms with Crippen molar-refractivity contribution in [2.75, 3.05) is 0 Å². The van der Waals surface area contributed by atoms with E-state index in [9.17, 15) is 0 Å². The monoisotopic (exact) mass is 84.0 g/mol. The van der Waals surface area contributed by atoms with E-state index in [1.165, 1.54) is 0 Å². The summed E-state index contributed by atoms with van der Waals surface area (Å²) in [5, 5.41) is 0. The molecule has 0 fully saturated rings. The summed E-state index contributed by atoms with van der Waals surface area (Å²) in [6, 6.07) is 0. The van der Waals surface area contributed by atoms with Crippen molar-refractivity contribution in [1.82, 2.24) is 0 Å². The summed E-state index contributed by atoms with van der Waals surface area (Å²) < 4.78 is 0. The maximum atomic E-state index is 8.58. The van der Waals surface area contributed by atoms with Crippen LogP contribution in [0.25, 0.3) is 0 Å². The normalized spacial score (nSPS) is 3.00. The zero-order chi connectivity index (χ0) is 2.71. The molecule has 1 amide bonds. The van der Waals surface area contributed by atoms with Gasteiger partial charge in [0.05, 0.1) is 0 Å². The molecule has 0 bridgehead atoms. The fourth-order valence-corrected chi connectivity index (χ4v) is 0. The number of hydrogen-bond acceptors (Lipinski definition) is 1. The van der Waals surface area contributed by atoms with Gasteiger partial charge < -0.3 is 5.73 Å². The molecular formula is CH3KNO. The Balaban J connectivity index is 0. The number of amides is 1. The minimum Gasteiger partial charge on any atom is -0.372 e. The largest absolute Gasteiger partial charge is 0.372 e. The van der Waals surface area contributed by atoms with Gasteiger partial charge in [0.25, 0.3) is 0 Å². The molecule has 2 N–H and O–H groups in total. The van der Waals surface area contributed by atoms with Crippen molar-refractivity contribution in [2.45, 2.75) is 0 Å². The van der Waals surface area contributed by atoms with Crippen molar-refractivity contribution in [2.24, 2.45) is 5.73 Å². The SMILES string of the molecule is NC=O.[K]. The Morgan fingerprint density at radius 3 is 1.75 bits per heavy atom. The summed E-state index contributed by atoms with van der Waals surface area (Å²) in [5.41, 5.74) is 4.17. The quantitative estimate of drug-likeness (QED) is 0.288. The maximum absolute atomic E-state index is 8.58. The van der Waals surface area contributed by atoms with Gasteiger partial charge in [-0.2, -0.15) is 0 Å². The molecule has 0 unspecified atom stereocenters. The van der Waals surface area contributed by atoms with E-state index in [1.807, 2.05) is 0 Å². The van der Waals surface area contributed by atoms with Crippen LogP contribution < -0.4 is 5.73 Å². The van der Waals surface area contributed by atoms with Crippen molar-refractivity contribution in [3.8, 4) is 0 Å². The van der Waals surface area contributed by atoms with Crippen LogP contribution in [0.1, 0.15) is 0 Å². The number of hydrogen-bond donors (Lipinski definition) is 1. The van der Waals surface area contributed by atoms with Gasteiger partial charge in [0.2, 0.25) is 6.41 Å². The Morgan fingerprint density at radius 2 is 1.75 bits per heavy atom. The van der Waals surface area contributed by atoms with Crippen LogP contribution >= 0.6 is 0 Å². The van der Waals surface area contributed by atoms with Gasteiger partial charge in [-0.15, -0.1) is 0 Å². The Kier molecular flexibility index (Phi) is 19.9. The van der Waals surface area contributed by atoms with E-state index in [4.69, 9.17) is 4.79 Å². The first-order chi connectivity index (χ1) is 1.41. The first-order valence-electron chi connectivity index (χ1n) is 0.569. The van der Waals surface area contributed by atoms with Crippen molar-refractivity contribution in [3.05, 3.63) is 0 Å². The first-order valence-corrected chi connectivity index (χ1v) is 0.569. The smallest absolute Gasteiger partial charge is 0.204 e. The number of primary amides is 1. The predicted octanol–water partition coefficient (Wildman–Crippen LogP) is -1.28. The van der Waals surface area contributed by atoms with Crippen LogP contribution in [0.15, 0.2) is 0 Å². The fourth-order valence-electron chi connectivity index (χ4n) is 0. The fraction of sp³-hybridized carbons (Fsp3) is 0. The second kappa shape index (κ2) is 8.93. The molecule has 0 aliphatic carbocycles. The van der Waals surface area contributed by atoms with Crippen molar-refractivity contribution in [3.63, 3.8) is 0 Å². The topological polar surface area (TPSA) is 43.1 Å². The molecule has 0 aromatic rings. The minimum absolute atomic E-state index is 0. The third-order valence-corrected chi connectivity index (χ3v) is 0. The molecule has 1 radical (unpaired) electrons. The Hall–Kier alpha value is 1.11. The Morgan fingerprint density at radius 1 is 1.75 bits per heavy atom. The van der Waals surface area contributed by atoms with Crippen LogP contribution in [0.4, 0.5) is 0 Å². The molecule has 0 heterocycles. The molecule has 19 valence electrons. The summed E-state index contributed by atoms with van der Waals surface area (Å²) in [6.07, 6.45) is 0.250. The molecule has 0 spiro atoms. The van der Waals surface area contributed by atoms with Crippen LogP contribution in [0.3, 0.4) is 0 Å². The second-order valence-corrected chi connectivity index (χ2v) is 0.136. The minimum atomic E-state index is 0. The van der Waals surface area contributed by atoms with E-state index < -0.39 is 0 Å². The summed E-state index contributed by atoms with van der Waals surface area (Å²) in [5.74, 6) is 0. The number of carbonyl (C=O) groups excluding carboxylic acids is 1. The molecule has 0 atom stereocenters. The maximum Gasteiger partial charge on any atom is 0.204 e. The van der Waals surface area contributed by atoms with E-state index in [2.05, 4.69) is 5.73 Å². The molecule has 0 aromatic heterocycles. The second-order valence-electron chi connectivity index (χ2n) is 0.136. The van der Waals surface area contributed by atoms with Gasteiger partial charge in [0.1, 0.15) is 0 Å². The van der Waals surface area contributed by atoms with Gasteiger partial charge in [-0.25, -0.2) is 0 Å². The van der Waals surface area contributed by atoms with Gasteiger partial charge in [-0.05, 0) is 0 Å². The van der Waals surface area contributed by atoms with E-state index in [-0.39, 0.29) is 57.8 Å². The average Bonchev–Trinajstić information content (AvgIpc) is 0.918. The zero-order valence-electron chi connectivity index (χ0n) is 2.56. The third-order valence-electron chi connectivity index (χ3n) is 0. The summed E-state index contributed by atoms with van der Waals surface area (Å²) in [7, 11) is 0. The third kappa shape index (κ3) is 11.3. The van der Waals surface area contributed by atoms with E-state index in [0.29, 0.717) is 0 Å². The molecular weight excluding hydrogens is 81.1 g/mol. The van der Waals surface area contributed by atoms with E-state index in [1.54, 1.807) is 0 Å². The van der Waals surface area contributed by atoms with Crippen molar-refractivity contribution >= 4 is 57.8 Å². The van der Waals surface area contributed by atoms with Gasteiger partial charge in [0.15, 0.2) is 0 Å². The molecule has 4 heavy (non-hydrogen) atoms. The molecule has 0 saturated carbocycles. The summed E-state index contributed by atoms with van der Waals surface area (Å²) >= 11 is 0. The van der Waals surface area contributed by atoms with Gasteiger partial charge in [-0.3, -0.25) is 4.79 Å². The standard InChI is InChI=1S/CH3NO.K/c2-1-3;/h1H,(H2,2,3);. The average molecular weight is 84.1 g/mol. The van der Waals surface area contributed by atoms with Gasteiger partial charge >= 0.3 is 0 Å². The van der Waals surface area contributed by atoms with E-state index in [0.717, 1.165) is 0 Å². The summed E-state index contributed by atoms with van der Waals surface area (Å²) in [6.45, 7) is 0. The molecule has 0 saturated heterocycles. The van der Waals surface area contributed by atoms with Crippen molar-refractivity contribution in [1.29, 1.82) is 0 Å². The predicted molar refractivity (Wildman–Crippen MR) is 16.0 cm³/mol. The molecule has 3 heteroatoms. The molecule has 0 rings (SSSR count). The van der Waals surface area contributed by atoms with Crippen LogP contribution in [0, 0.1) is 0 Å². The Labute approximate surface area is 67.2 Å². The van der Waals surface area contributed by atoms with E-state index >= 15 is 0 Å². The molecule has 0 aromatic carbocycles. The molecule has 0 aliphatic heterocycles. The van der Waals surface area contributed by atoms with Crippen molar-refractivity contribution < 1.29 is 4.79 Å². The number of nitrogens with two attached hydrogens (primary N) is 1. The van der Waals surface area contributed by atoms with Gasteiger partial charge in [-0.1, -0.05) is 0 Å².